The van der Waals surface area contributed by atoms with Crippen LogP contribution in [0.1, 0.15) is 5.69 Å². The number of aromatic amines is 1. The minimum atomic E-state index is -0.228. The number of benzene rings is 1. The van der Waals surface area contributed by atoms with Gasteiger partial charge in [0.2, 0.25) is 0 Å². The van der Waals surface area contributed by atoms with E-state index in [0.717, 1.165) is 10.2 Å². The predicted octanol–water partition coefficient (Wildman–Crippen LogP) is 2.52. The fourth-order valence-corrected chi connectivity index (χ4v) is 2.09. The maximum atomic E-state index is 11.6. The molecule has 1 aromatic carbocycles. The second-order valence-corrected chi connectivity index (χ2v) is 5.04. The van der Waals surface area contributed by atoms with Gasteiger partial charge in [-0.05, 0) is 18.2 Å². The van der Waals surface area contributed by atoms with E-state index in [9.17, 15) is 4.79 Å². The molecule has 2 aromatic rings. The van der Waals surface area contributed by atoms with Crippen molar-refractivity contribution in [3.63, 3.8) is 0 Å². The van der Waals surface area contributed by atoms with E-state index in [2.05, 4.69) is 31.2 Å². The highest BCUT2D eigenvalue weighted by Crippen LogP contribution is 2.27. The van der Waals surface area contributed by atoms with Crippen LogP contribution in [-0.4, -0.2) is 22.5 Å². The van der Waals surface area contributed by atoms with Crippen LogP contribution in [0.2, 0.25) is 5.02 Å². The van der Waals surface area contributed by atoms with E-state index in [-0.39, 0.29) is 12.5 Å². The smallest absolute Gasteiger partial charge is 0.258 e. The number of amides is 1. The molecule has 0 saturated carbocycles. The topological polar surface area (TPSA) is 67.0 Å². The van der Waals surface area contributed by atoms with Gasteiger partial charge < -0.3 is 15.0 Å². The van der Waals surface area contributed by atoms with Crippen LogP contribution in [0, 0.1) is 0 Å². The molecule has 0 aliphatic rings. The van der Waals surface area contributed by atoms with E-state index in [1.165, 1.54) is 0 Å². The quantitative estimate of drug-likeness (QED) is 0.876. The fourth-order valence-electron chi connectivity index (χ4n) is 1.36. The van der Waals surface area contributed by atoms with Crippen LogP contribution < -0.4 is 10.1 Å². The number of hydrogen-bond donors (Lipinski definition) is 2. The first-order chi connectivity index (χ1) is 9.15. The Labute approximate surface area is 123 Å². The molecule has 0 fully saturated rings. The molecule has 2 N–H and O–H groups in total. The molecule has 1 amide bonds. The first-order valence-corrected chi connectivity index (χ1v) is 6.64. The van der Waals surface area contributed by atoms with E-state index < -0.39 is 0 Å². The van der Waals surface area contributed by atoms with E-state index in [0.29, 0.717) is 17.3 Å². The third-order valence-corrected chi connectivity index (χ3v) is 3.07. The molecule has 1 heterocycles. The Morgan fingerprint density at radius 2 is 2.37 bits per heavy atom. The number of halogens is 2. The fraction of sp³-hybridized carbons (Fsp3) is 0.167. The lowest BCUT2D eigenvalue weighted by Gasteiger charge is -2.08. The first-order valence-electron chi connectivity index (χ1n) is 5.47. The molecule has 7 heteroatoms. The largest absolute Gasteiger partial charge is 0.482 e. The van der Waals surface area contributed by atoms with Gasteiger partial charge in [0.15, 0.2) is 6.61 Å². The highest BCUT2D eigenvalue weighted by atomic mass is 79.9. The predicted molar refractivity (Wildman–Crippen MR) is 75.1 cm³/mol. The summed E-state index contributed by atoms with van der Waals surface area (Å²) in [5.41, 5.74) is 0.829. The zero-order valence-electron chi connectivity index (χ0n) is 9.82. The second-order valence-electron chi connectivity index (χ2n) is 3.72. The van der Waals surface area contributed by atoms with Gasteiger partial charge in [0.1, 0.15) is 5.75 Å². The van der Waals surface area contributed by atoms with Crippen LogP contribution in [0.4, 0.5) is 0 Å². The average molecular weight is 345 g/mol. The number of nitrogens with one attached hydrogen (secondary N) is 2. The number of H-pyrrole nitrogens is 1. The Morgan fingerprint density at radius 1 is 1.53 bits per heavy atom. The maximum Gasteiger partial charge on any atom is 0.258 e. The monoisotopic (exact) mass is 343 g/mol. The van der Waals surface area contributed by atoms with Gasteiger partial charge in [0, 0.05) is 10.7 Å². The van der Waals surface area contributed by atoms with Crippen LogP contribution in [0.25, 0.3) is 0 Å². The summed E-state index contributed by atoms with van der Waals surface area (Å²) < 4.78 is 6.19. The molecule has 0 aliphatic carbocycles. The van der Waals surface area contributed by atoms with Gasteiger partial charge in [0.05, 0.1) is 23.6 Å². The van der Waals surface area contributed by atoms with Crippen molar-refractivity contribution in [3.05, 3.63) is 45.9 Å². The molecule has 0 saturated heterocycles. The van der Waals surface area contributed by atoms with Gasteiger partial charge in [0.25, 0.3) is 5.91 Å². The van der Waals surface area contributed by atoms with Crippen molar-refractivity contribution in [1.29, 1.82) is 0 Å². The highest BCUT2D eigenvalue weighted by molar-refractivity contribution is 9.10. The number of ether oxygens (including phenoxy) is 1. The molecule has 5 nitrogen and oxygen atoms in total. The molecule has 100 valence electrons. The summed E-state index contributed by atoms with van der Waals surface area (Å²) >= 11 is 9.27. The van der Waals surface area contributed by atoms with Crippen molar-refractivity contribution in [2.75, 3.05) is 6.61 Å². The number of nitrogens with zero attached hydrogens (tertiary/aromatic N) is 1. The molecular weight excluding hydrogens is 334 g/mol. The summed E-state index contributed by atoms with van der Waals surface area (Å²) in [6.07, 6.45) is 3.20. The zero-order valence-corrected chi connectivity index (χ0v) is 12.2. The van der Waals surface area contributed by atoms with Crippen molar-refractivity contribution in [2.24, 2.45) is 0 Å². The lowest BCUT2D eigenvalue weighted by molar-refractivity contribution is -0.123. The molecule has 0 spiro atoms. The van der Waals surface area contributed by atoms with Gasteiger partial charge in [-0.25, -0.2) is 4.98 Å². The van der Waals surface area contributed by atoms with Gasteiger partial charge in [-0.1, -0.05) is 27.5 Å². The molecule has 0 atom stereocenters. The maximum absolute atomic E-state index is 11.6. The van der Waals surface area contributed by atoms with Gasteiger partial charge in [-0.2, -0.15) is 0 Å². The summed E-state index contributed by atoms with van der Waals surface area (Å²) in [4.78, 5) is 18.3. The van der Waals surface area contributed by atoms with E-state index in [4.69, 9.17) is 16.3 Å². The van der Waals surface area contributed by atoms with Gasteiger partial charge in [-0.3, -0.25) is 4.79 Å². The standard InChI is InChI=1S/C12H11BrClN3O2/c13-8-1-2-11(10(14)3-8)19-6-12(18)16-5-9-4-15-7-17-9/h1-4,7H,5-6H2,(H,15,17)(H,16,18). The van der Waals surface area contributed by atoms with E-state index >= 15 is 0 Å². The Bertz CT molecular complexity index is 560. The number of carbonyl (C=O) groups excluding carboxylic acids is 1. The molecule has 19 heavy (non-hydrogen) atoms. The summed E-state index contributed by atoms with van der Waals surface area (Å²) in [7, 11) is 0. The minimum Gasteiger partial charge on any atom is -0.482 e. The summed E-state index contributed by atoms with van der Waals surface area (Å²) in [5, 5.41) is 3.15. The molecule has 2 rings (SSSR count). The number of hydrogen-bond acceptors (Lipinski definition) is 3. The highest BCUT2D eigenvalue weighted by Gasteiger charge is 2.06. The van der Waals surface area contributed by atoms with Crippen molar-refractivity contribution in [2.45, 2.75) is 6.54 Å². The zero-order chi connectivity index (χ0) is 13.7. The molecule has 0 unspecified atom stereocenters. The van der Waals surface area contributed by atoms with E-state index in [1.54, 1.807) is 30.7 Å². The van der Waals surface area contributed by atoms with E-state index in [1.807, 2.05) is 0 Å². The van der Waals surface area contributed by atoms with Crippen LogP contribution in [-0.2, 0) is 11.3 Å². The van der Waals surface area contributed by atoms with Crippen LogP contribution in [0.15, 0.2) is 35.2 Å². The third kappa shape index (κ3) is 4.25. The van der Waals surface area contributed by atoms with Crippen molar-refractivity contribution in [1.82, 2.24) is 15.3 Å². The molecule has 0 aliphatic heterocycles. The first kappa shape index (κ1) is 13.9. The number of aromatic nitrogens is 2. The van der Waals surface area contributed by atoms with Crippen molar-refractivity contribution in [3.8, 4) is 5.75 Å². The number of rotatable bonds is 5. The Kier molecular flexibility index (Phi) is 4.81. The Morgan fingerprint density at radius 3 is 3.05 bits per heavy atom. The summed E-state index contributed by atoms with van der Waals surface area (Å²) in [6, 6.07) is 5.21. The normalized spacial score (nSPS) is 10.2. The second kappa shape index (κ2) is 6.58. The molecule has 0 bridgehead atoms. The lowest BCUT2D eigenvalue weighted by atomic mass is 10.3. The molecule has 1 aromatic heterocycles. The average Bonchev–Trinajstić information content (AvgIpc) is 2.88. The Balaban J connectivity index is 1.80. The minimum absolute atomic E-state index is 0.0878. The SMILES string of the molecule is O=C(COc1ccc(Br)cc1Cl)NCc1cnc[nH]1. The van der Waals surface area contributed by atoms with Crippen molar-refractivity contribution < 1.29 is 9.53 Å². The van der Waals surface area contributed by atoms with Gasteiger partial charge in [-0.15, -0.1) is 0 Å². The molecular formula is C12H11BrClN3O2. The molecule has 0 radical (unpaired) electrons. The summed E-state index contributed by atoms with van der Waals surface area (Å²) in [5.74, 6) is 0.246. The van der Waals surface area contributed by atoms with Crippen LogP contribution in [0.5, 0.6) is 5.75 Å². The number of imidazole rings is 1. The third-order valence-electron chi connectivity index (χ3n) is 2.28. The van der Waals surface area contributed by atoms with Crippen LogP contribution >= 0.6 is 27.5 Å². The summed E-state index contributed by atoms with van der Waals surface area (Å²) in [6.45, 7) is 0.297. The van der Waals surface area contributed by atoms with Crippen molar-refractivity contribution >= 4 is 33.4 Å². The number of carbonyl (C=O) groups is 1. The lowest BCUT2D eigenvalue weighted by Crippen LogP contribution is -2.28. The van der Waals surface area contributed by atoms with Gasteiger partial charge >= 0.3 is 0 Å². The van der Waals surface area contributed by atoms with Crippen LogP contribution in [0.3, 0.4) is 0 Å². The Hall–Kier alpha value is -1.53.